The van der Waals surface area contributed by atoms with Crippen molar-refractivity contribution in [2.45, 2.75) is 62.4 Å². The van der Waals surface area contributed by atoms with Gasteiger partial charge < -0.3 is 5.32 Å². The Hall–Kier alpha value is -2.18. The van der Waals surface area contributed by atoms with Gasteiger partial charge in [0.2, 0.25) is 15.9 Å². The first kappa shape index (κ1) is 24.1. The molecule has 1 unspecified atom stereocenters. The van der Waals surface area contributed by atoms with Crippen LogP contribution in [0.3, 0.4) is 0 Å². The Labute approximate surface area is 180 Å². The van der Waals surface area contributed by atoms with Crippen molar-refractivity contribution in [2.24, 2.45) is 0 Å². The number of urea groups is 1. The number of rotatable bonds is 7. The third-order valence-corrected chi connectivity index (χ3v) is 7.15. The fourth-order valence-corrected chi connectivity index (χ4v) is 4.88. The van der Waals surface area contributed by atoms with Crippen LogP contribution in [0, 0.1) is 0 Å². The molecule has 0 saturated carbocycles. The van der Waals surface area contributed by atoms with E-state index >= 15 is 0 Å². The van der Waals surface area contributed by atoms with Crippen molar-refractivity contribution < 1.29 is 18.0 Å². The molecular formula is C18H28N6O4S2. The largest absolute Gasteiger partial charge is 0.333 e. The highest BCUT2D eigenvalue weighted by atomic mass is 32.2. The Balaban J connectivity index is 2.22. The van der Waals surface area contributed by atoms with E-state index in [1.807, 2.05) is 0 Å². The zero-order chi connectivity index (χ0) is 22.7. The molecule has 166 valence electrons. The van der Waals surface area contributed by atoms with Crippen LogP contribution in [0.5, 0.6) is 0 Å². The monoisotopic (exact) mass is 456 g/mol. The molecule has 0 spiro atoms. The van der Waals surface area contributed by atoms with E-state index < -0.39 is 32.8 Å². The quantitative estimate of drug-likeness (QED) is 0.609. The Kier molecular flexibility index (Phi) is 7.48. The van der Waals surface area contributed by atoms with Gasteiger partial charge in [-0.3, -0.25) is 14.5 Å². The van der Waals surface area contributed by atoms with Crippen molar-refractivity contribution in [1.82, 2.24) is 29.5 Å². The smallest absolute Gasteiger partial charge is 0.321 e. The summed E-state index contributed by atoms with van der Waals surface area (Å²) in [4.78, 5) is 24.4. The van der Waals surface area contributed by atoms with E-state index in [0.29, 0.717) is 23.9 Å². The SMILES string of the molecule is CCN(CC)S(=O)(=O)c1ccc2nnc(SC(C)C(=O)NC(=O)NC(C)(C)C)n2c1. The van der Waals surface area contributed by atoms with E-state index in [9.17, 15) is 18.0 Å². The molecule has 2 heterocycles. The van der Waals surface area contributed by atoms with E-state index in [0.717, 1.165) is 11.8 Å². The minimum absolute atomic E-state index is 0.113. The Morgan fingerprint density at radius 3 is 2.40 bits per heavy atom. The third kappa shape index (κ3) is 5.70. The molecule has 0 aliphatic heterocycles. The summed E-state index contributed by atoms with van der Waals surface area (Å²) in [6.45, 7) is 11.3. The number of nitrogens with one attached hydrogen (secondary N) is 2. The maximum Gasteiger partial charge on any atom is 0.321 e. The normalized spacial score (nSPS) is 13.4. The lowest BCUT2D eigenvalue weighted by atomic mass is 10.1. The first-order valence-corrected chi connectivity index (χ1v) is 11.9. The molecule has 2 aromatic heterocycles. The van der Waals surface area contributed by atoms with Gasteiger partial charge in [0.25, 0.3) is 0 Å². The zero-order valence-electron chi connectivity index (χ0n) is 18.0. The summed E-state index contributed by atoms with van der Waals surface area (Å²) < 4.78 is 28.5. The number of hydrogen-bond acceptors (Lipinski definition) is 7. The molecule has 1 atom stereocenters. The van der Waals surface area contributed by atoms with Gasteiger partial charge in [-0.2, -0.15) is 4.31 Å². The van der Waals surface area contributed by atoms with Crippen molar-refractivity contribution in [2.75, 3.05) is 13.1 Å². The van der Waals surface area contributed by atoms with Crippen LogP contribution in [0.15, 0.2) is 28.4 Å². The predicted molar refractivity (Wildman–Crippen MR) is 115 cm³/mol. The summed E-state index contributed by atoms with van der Waals surface area (Å²) in [6.07, 6.45) is 1.45. The minimum atomic E-state index is -3.65. The van der Waals surface area contributed by atoms with Crippen LogP contribution >= 0.6 is 11.8 Å². The highest BCUT2D eigenvalue weighted by molar-refractivity contribution is 8.00. The van der Waals surface area contributed by atoms with E-state index in [4.69, 9.17) is 0 Å². The topological polar surface area (TPSA) is 126 Å². The van der Waals surface area contributed by atoms with Crippen LogP contribution in [0.1, 0.15) is 41.5 Å². The minimum Gasteiger partial charge on any atom is -0.333 e. The van der Waals surface area contributed by atoms with Gasteiger partial charge in [0.05, 0.1) is 10.1 Å². The number of fused-ring (bicyclic) bond motifs is 1. The van der Waals surface area contributed by atoms with E-state index in [2.05, 4.69) is 20.8 Å². The van der Waals surface area contributed by atoms with Crippen LogP contribution in [0.2, 0.25) is 0 Å². The number of amides is 3. The average Bonchev–Trinajstić information content (AvgIpc) is 3.03. The number of imide groups is 1. The summed E-state index contributed by atoms with van der Waals surface area (Å²) in [6, 6.07) is 2.47. The summed E-state index contributed by atoms with van der Waals surface area (Å²) in [7, 11) is -3.65. The number of carbonyl (C=O) groups excluding carboxylic acids is 2. The second-order valence-corrected chi connectivity index (χ2v) is 10.9. The number of thioether (sulfide) groups is 1. The van der Waals surface area contributed by atoms with Crippen LogP contribution in [-0.2, 0) is 14.8 Å². The van der Waals surface area contributed by atoms with Crippen molar-refractivity contribution >= 4 is 39.4 Å². The average molecular weight is 457 g/mol. The van der Waals surface area contributed by atoms with Crippen molar-refractivity contribution in [3.05, 3.63) is 18.3 Å². The molecule has 12 heteroatoms. The lowest BCUT2D eigenvalue weighted by Gasteiger charge is -2.21. The zero-order valence-corrected chi connectivity index (χ0v) is 19.6. The van der Waals surface area contributed by atoms with Gasteiger partial charge in [-0.1, -0.05) is 25.6 Å². The molecule has 30 heavy (non-hydrogen) atoms. The molecule has 0 bridgehead atoms. The van der Waals surface area contributed by atoms with Gasteiger partial charge in [-0.05, 0) is 39.8 Å². The molecule has 0 radical (unpaired) electrons. The van der Waals surface area contributed by atoms with Crippen LogP contribution in [-0.4, -0.2) is 63.1 Å². The molecular weight excluding hydrogens is 428 g/mol. The van der Waals surface area contributed by atoms with E-state index in [1.54, 1.807) is 47.6 Å². The molecule has 10 nitrogen and oxygen atoms in total. The number of nitrogens with zero attached hydrogens (tertiary/aromatic N) is 4. The van der Waals surface area contributed by atoms with Crippen molar-refractivity contribution in [3.8, 4) is 0 Å². The summed E-state index contributed by atoms with van der Waals surface area (Å²) >= 11 is 1.08. The Morgan fingerprint density at radius 1 is 1.20 bits per heavy atom. The highest BCUT2D eigenvalue weighted by Crippen LogP contribution is 2.24. The number of sulfonamides is 1. The van der Waals surface area contributed by atoms with Gasteiger partial charge in [0, 0.05) is 24.8 Å². The van der Waals surface area contributed by atoms with Gasteiger partial charge >= 0.3 is 6.03 Å². The van der Waals surface area contributed by atoms with Gasteiger partial charge in [-0.15, -0.1) is 10.2 Å². The number of aromatic nitrogens is 3. The highest BCUT2D eigenvalue weighted by Gasteiger charge is 2.25. The molecule has 2 rings (SSSR count). The third-order valence-electron chi connectivity index (χ3n) is 4.06. The standard InChI is InChI=1S/C18H28N6O4S2/c1-7-23(8-2)30(27,28)13-9-10-14-21-22-17(24(14)11-13)29-12(3)15(25)19-16(26)20-18(4,5)6/h9-12H,7-8H2,1-6H3,(H2,19,20,25,26). The second-order valence-electron chi connectivity index (χ2n) is 7.62. The van der Waals surface area contributed by atoms with Crippen LogP contribution in [0.4, 0.5) is 4.79 Å². The van der Waals surface area contributed by atoms with Gasteiger partial charge in [0.1, 0.15) is 0 Å². The lowest BCUT2D eigenvalue weighted by molar-refractivity contribution is -0.119. The Morgan fingerprint density at radius 2 is 1.83 bits per heavy atom. The van der Waals surface area contributed by atoms with E-state index in [1.165, 1.54) is 21.0 Å². The van der Waals surface area contributed by atoms with Crippen molar-refractivity contribution in [1.29, 1.82) is 0 Å². The van der Waals surface area contributed by atoms with Crippen LogP contribution < -0.4 is 10.6 Å². The molecule has 0 saturated heterocycles. The predicted octanol–water partition coefficient (Wildman–Crippen LogP) is 1.86. The molecule has 0 aliphatic rings. The molecule has 0 fully saturated rings. The maximum absolute atomic E-state index is 12.8. The Bertz CT molecular complexity index is 1020. The van der Waals surface area contributed by atoms with Gasteiger partial charge in [-0.25, -0.2) is 13.2 Å². The maximum atomic E-state index is 12.8. The van der Waals surface area contributed by atoms with Gasteiger partial charge in [0.15, 0.2) is 10.8 Å². The summed E-state index contributed by atoms with van der Waals surface area (Å²) in [5.41, 5.74) is -0.0226. The summed E-state index contributed by atoms with van der Waals surface area (Å²) in [5.74, 6) is -0.495. The second kappa shape index (κ2) is 9.31. The van der Waals surface area contributed by atoms with E-state index in [-0.39, 0.29) is 4.90 Å². The number of carbonyl (C=O) groups is 2. The first-order chi connectivity index (χ1) is 13.9. The van der Waals surface area contributed by atoms with Crippen LogP contribution in [0.25, 0.3) is 5.65 Å². The molecule has 0 aliphatic carbocycles. The fraction of sp³-hybridized carbons (Fsp3) is 0.556. The first-order valence-electron chi connectivity index (χ1n) is 9.53. The lowest BCUT2D eigenvalue weighted by Crippen LogP contribution is -2.49. The van der Waals surface area contributed by atoms with Crippen molar-refractivity contribution in [3.63, 3.8) is 0 Å². The fourth-order valence-electron chi connectivity index (χ4n) is 2.59. The molecule has 2 aromatic rings. The molecule has 3 amide bonds. The number of pyridine rings is 1. The molecule has 2 N–H and O–H groups in total. The number of hydrogen-bond donors (Lipinski definition) is 2. The summed E-state index contributed by atoms with van der Waals surface area (Å²) in [5, 5.41) is 12.7. The molecule has 0 aromatic carbocycles.